The van der Waals surface area contributed by atoms with Crippen molar-refractivity contribution in [2.24, 2.45) is 7.05 Å². The Balaban J connectivity index is 1.33. The fraction of sp³-hybridized carbons (Fsp3) is 0.120. The number of H-pyrrole nitrogens is 1. The van der Waals surface area contributed by atoms with Gasteiger partial charge < -0.3 is 29.5 Å². The van der Waals surface area contributed by atoms with Crippen LogP contribution in [0.15, 0.2) is 60.9 Å². The number of alkyl halides is 3. The van der Waals surface area contributed by atoms with Crippen molar-refractivity contribution >= 4 is 28.6 Å². The van der Waals surface area contributed by atoms with Crippen LogP contribution in [0.25, 0.3) is 22.6 Å². The summed E-state index contributed by atoms with van der Waals surface area (Å²) in [7, 11) is 1.64. The number of rotatable bonds is 7. The third kappa shape index (κ3) is 4.98. The van der Waals surface area contributed by atoms with Crippen molar-refractivity contribution in [1.29, 1.82) is 0 Å². The Morgan fingerprint density at radius 3 is 2.68 bits per heavy atom. The summed E-state index contributed by atoms with van der Waals surface area (Å²) >= 11 is 0. The molecular formula is C25H17F4N6O3-. The van der Waals surface area contributed by atoms with Crippen molar-refractivity contribution in [3.8, 4) is 17.3 Å². The van der Waals surface area contributed by atoms with Crippen LogP contribution < -0.4 is 15.2 Å². The van der Waals surface area contributed by atoms with Gasteiger partial charge in [-0.25, -0.2) is 14.4 Å². The van der Waals surface area contributed by atoms with E-state index in [1.165, 1.54) is 6.20 Å². The topological polar surface area (TPSA) is 121 Å². The van der Waals surface area contributed by atoms with Gasteiger partial charge in [-0.15, -0.1) is 0 Å². The van der Waals surface area contributed by atoms with E-state index in [0.29, 0.717) is 34.6 Å². The summed E-state index contributed by atoms with van der Waals surface area (Å²) in [5.74, 6) is -1.37. The van der Waals surface area contributed by atoms with Gasteiger partial charge in [0, 0.05) is 19.3 Å². The Bertz CT molecular complexity index is 1660. The molecule has 38 heavy (non-hydrogen) atoms. The number of carbonyl (C=O) groups is 1. The molecule has 9 nitrogen and oxygen atoms in total. The first-order chi connectivity index (χ1) is 18.1. The Kier molecular flexibility index (Phi) is 6.18. The average molecular weight is 525 g/mol. The first-order valence-electron chi connectivity index (χ1n) is 11.0. The molecule has 0 spiro atoms. The summed E-state index contributed by atoms with van der Waals surface area (Å²) in [6.45, 7) is 0.141. The van der Waals surface area contributed by atoms with Gasteiger partial charge in [0.1, 0.15) is 23.9 Å². The molecule has 2 aromatic carbocycles. The van der Waals surface area contributed by atoms with Gasteiger partial charge in [-0.05, 0) is 48.0 Å². The summed E-state index contributed by atoms with van der Waals surface area (Å²) in [5.41, 5.74) is 0.742. The van der Waals surface area contributed by atoms with Crippen molar-refractivity contribution in [3.63, 3.8) is 0 Å². The lowest BCUT2D eigenvalue weighted by Gasteiger charge is -2.11. The van der Waals surface area contributed by atoms with Gasteiger partial charge in [-0.2, -0.15) is 13.2 Å². The fourth-order valence-corrected chi connectivity index (χ4v) is 3.71. The van der Waals surface area contributed by atoms with Crippen molar-refractivity contribution in [2.75, 3.05) is 5.32 Å². The highest BCUT2D eigenvalue weighted by Gasteiger charge is 2.31. The molecule has 2 N–H and O–H groups in total. The predicted octanol–water partition coefficient (Wildman–Crippen LogP) is 4.20. The van der Waals surface area contributed by atoms with E-state index in [1.807, 2.05) is 0 Å². The smallest absolute Gasteiger partial charge is 0.416 e. The molecule has 0 aliphatic rings. The molecule has 0 bridgehead atoms. The predicted molar refractivity (Wildman–Crippen MR) is 126 cm³/mol. The number of halogens is 4. The second-order valence-electron chi connectivity index (χ2n) is 8.23. The Hall–Kier alpha value is -4.94. The van der Waals surface area contributed by atoms with E-state index in [-0.39, 0.29) is 29.8 Å². The monoisotopic (exact) mass is 525 g/mol. The minimum Gasteiger partial charge on any atom is -0.543 e. The number of aromatic amines is 1. The van der Waals surface area contributed by atoms with Gasteiger partial charge in [-0.3, -0.25) is 4.98 Å². The molecule has 0 saturated heterocycles. The molecule has 0 unspecified atom stereocenters. The number of ether oxygens (including phenoxy) is 1. The van der Waals surface area contributed by atoms with Crippen LogP contribution in [0.1, 0.15) is 21.6 Å². The molecule has 3 heterocycles. The fourth-order valence-electron chi connectivity index (χ4n) is 3.71. The first-order valence-corrected chi connectivity index (χ1v) is 11.0. The van der Waals surface area contributed by atoms with Crippen molar-refractivity contribution in [1.82, 2.24) is 24.5 Å². The Morgan fingerprint density at radius 2 is 1.95 bits per heavy atom. The maximum absolute atomic E-state index is 14.2. The SMILES string of the molecule is Cn1c(Nc2cc(C(F)(F)F)ccc2F)nc2cc(OCc3ccnc(-c4ncc(C(=O)[O-])[nH]4)c3)ccc21. The highest BCUT2D eigenvalue weighted by atomic mass is 19.4. The maximum Gasteiger partial charge on any atom is 0.416 e. The van der Waals surface area contributed by atoms with E-state index >= 15 is 0 Å². The van der Waals surface area contributed by atoms with Crippen molar-refractivity contribution in [2.45, 2.75) is 12.8 Å². The van der Waals surface area contributed by atoms with E-state index in [1.54, 1.807) is 41.9 Å². The van der Waals surface area contributed by atoms with Gasteiger partial charge >= 0.3 is 6.18 Å². The lowest BCUT2D eigenvalue weighted by Crippen LogP contribution is -2.22. The molecule has 5 rings (SSSR count). The summed E-state index contributed by atoms with van der Waals surface area (Å²) in [4.78, 5) is 26.1. The zero-order valence-electron chi connectivity index (χ0n) is 19.5. The zero-order chi connectivity index (χ0) is 27.0. The second kappa shape index (κ2) is 9.50. The molecule has 0 atom stereocenters. The van der Waals surface area contributed by atoms with Gasteiger partial charge in [0.25, 0.3) is 0 Å². The maximum atomic E-state index is 14.2. The number of hydrogen-bond acceptors (Lipinski definition) is 7. The summed E-state index contributed by atoms with van der Waals surface area (Å²) in [5, 5.41) is 13.6. The minimum atomic E-state index is -4.62. The number of hydrogen-bond donors (Lipinski definition) is 2. The number of aryl methyl sites for hydroxylation is 1. The number of fused-ring (bicyclic) bond motifs is 1. The number of aromatic nitrogens is 5. The van der Waals surface area contributed by atoms with Gasteiger partial charge in [0.2, 0.25) is 5.95 Å². The highest BCUT2D eigenvalue weighted by molar-refractivity contribution is 5.84. The van der Waals surface area contributed by atoms with E-state index in [9.17, 15) is 27.5 Å². The van der Waals surface area contributed by atoms with Crippen LogP contribution >= 0.6 is 0 Å². The van der Waals surface area contributed by atoms with Gasteiger partial charge in [0.05, 0.1) is 40.1 Å². The number of pyridine rings is 1. The molecule has 13 heteroatoms. The van der Waals surface area contributed by atoms with Crippen LogP contribution in [0, 0.1) is 5.82 Å². The van der Waals surface area contributed by atoms with Gasteiger partial charge in [0.15, 0.2) is 5.82 Å². The van der Waals surface area contributed by atoms with E-state index in [4.69, 9.17) is 4.74 Å². The number of carboxylic acid groups (broad SMARTS) is 1. The number of nitrogens with one attached hydrogen (secondary N) is 2. The average Bonchev–Trinajstić information content (AvgIpc) is 3.49. The number of carbonyl (C=O) groups excluding carboxylic acids is 1. The third-order valence-electron chi connectivity index (χ3n) is 5.66. The minimum absolute atomic E-state index is 0.141. The number of aromatic carboxylic acids is 1. The van der Waals surface area contributed by atoms with Crippen LogP contribution in [0.2, 0.25) is 0 Å². The number of imidazole rings is 2. The zero-order valence-corrected chi connectivity index (χ0v) is 19.5. The number of benzene rings is 2. The summed E-state index contributed by atoms with van der Waals surface area (Å²) < 4.78 is 60.8. The Morgan fingerprint density at radius 1 is 1.13 bits per heavy atom. The van der Waals surface area contributed by atoms with Crippen LogP contribution in [0.5, 0.6) is 5.75 Å². The number of anilines is 2. The van der Waals surface area contributed by atoms with Crippen LogP contribution in [-0.4, -0.2) is 30.5 Å². The van der Waals surface area contributed by atoms with Crippen LogP contribution in [-0.2, 0) is 19.8 Å². The molecule has 5 aromatic rings. The normalized spacial score (nSPS) is 11.6. The quantitative estimate of drug-likeness (QED) is 0.306. The molecule has 0 radical (unpaired) electrons. The van der Waals surface area contributed by atoms with E-state index in [0.717, 1.165) is 17.8 Å². The van der Waals surface area contributed by atoms with Crippen LogP contribution in [0.3, 0.4) is 0 Å². The molecule has 3 aromatic heterocycles. The Labute approximate surface area is 211 Å². The lowest BCUT2D eigenvalue weighted by atomic mass is 10.2. The molecule has 0 fully saturated rings. The summed E-state index contributed by atoms with van der Waals surface area (Å²) in [6, 6.07) is 10.6. The van der Waals surface area contributed by atoms with Gasteiger partial charge in [-0.1, -0.05) is 0 Å². The highest BCUT2D eigenvalue weighted by Crippen LogP contribution is 2.33. The van der Waals surface area contributed by atoms with Crippen molar-refractivity contribution in [3.05, 3.63) is 83.6 Å². The second-order valence-corrected chi connectivity index (χ2v) is 8.23. The number of carboxylic acids is 1. The molecule has 0 aliphatic carbocycles. The van der Waals surface area contributed by atoms with Crippen molar-refractivity contribution < 1.29 is 32.2 Å². The molecule has 0 saturated carbocycles. The lowest BCUT2D eigenvalue weighted by molar-refractivity contribution is -0.255. The third-order valence-corrected chi connectivity index (χ3v) is 5.66. The molecule has 0 aliphatic heterocycles. The molecular weight excluding hydrogens is 508 g/mol. The molecule has 0 amide bonds. The number of nitrogens with zero attached hydrogens (tertiary/aromatic N) is 4. The largest absolute Gasteiger partial charge is 0.543 e. The first kappa shape index (κ1) is 24.7. The summed E-state index contributed by atoms with van der Waals surface area (Å²) in [6.07, 6.45) is -1.95. The van der Waals surface area contributed by atoms with E-state index < -0.39 is 23.5 Å². The molecule has 194 valence electrons. The van der Waals surface area contributed by atoms with E-state index in [2.05, 4.69) is 25.3 Å². The standard InChI is InChI=1S/C25H18F4N6O3/c1-35-21-5-3-15(38-12-13-6-7-30-19(8-13)22-31-11-20(32-22)23(36)37)10-18(21)34-24(35)33-17-9-14(25(27,28)29)2-4-16(17)26/h2-11H,12H2,1H3,(H,31,32)(H,33,34)(H,36,37)/p-1. The van der Waals surface area contributed by atoms with Crippen LogP contribution in [0.4, 0.5) is 29.2 Å².